The van der Waals surface area contributed by atoms with Gasteiger partial charge in [0.2, 0.25) is 0 Å². The molecule has 0 fully saturated rings. The minimum atomic E-state index is -0.0770. The Bertz CT molecular complexity index is 442. The standard InChI is InChI=1S/C11H15N3OS/c1-11(2,3)9-13-10(15-14-9)12-7-8-5-4-6-16-8/h4-6H,7H2,1-3H3,(H,12,13,14). The number of nitrogens with one attached hydrogen (secondary N) is 1. The number of aromatic nitrogens is 2. The largest absolute Gasteiger partial charge is 0.333 e. The number of nitrogens with zero attached hydrogens (tertiary/aromatic N) is 2. The summed E-state index contributed by atoms with van der Waals surface area (Å²) >= 11 is 1.70. The van der Waals surface area contributed by atoms with Crippen molar-refractivity contribution in [3.63, 3.8) is 0 Å². The van der Waals surface area contributed by atoms with Gasteiger partial charge in [-0.05, 0) is 11.4 Å². The van der Waals surface area contributed by atoms with Gasteiger partial charge in [0.15, 0.2) is 5.82 Å². The fourth-order valence-corrected chi connectivity index (χ4v) is 1.82. The highest BCUT2D eigenvalue weighted by atomic mass is 32.1. The van der Waals surface area contributed by atoms with Crippen LogP contribution in [0.4, 0.5) is 6.01 Å². The lowest BCUT2D eigenvalue weighted by atomic mass is 9.96. The molecule has 0 aliphatic rings. The number of hydrogen-bond donors (Lipinski definition) is 1. The summed E-state index contributed by atoms with van der Waals surface area (Å²) < 4.78 is 5.12. The van der Waals surface area contributed by atoms with Crippen molar-refractivity contribution >= 4 is 17.4 Å². The van der Waals surface area contributed by atoms with E-state index in [0.717, 1.165) is 12.4 Å². The maximum atomic E-state index is 5.12. The average molecular weight is 237 g/mol. The molecular weight excluding hydrogens is 222 g/mol. The lowest BCUT2D eigenvalue weighted by Gasteiger charge is -2.10. The average Bonchev–Trinajstić information content (AvgIpc) is 2.85. The number of anilines is 1. The van der Waals surface area contributed by atoms with E-state index in [1.807, 2.05) is 11.4 Å². The maximum absolute atomic E-state index is 5.12. The van der Waals surface area contributed by atoms with Crippen LogP contribution in [0.2, 0.25) is 0 Å². The molecule has 5 heteroatoms. The van der Waals surface area contributed by atoms with Gasteiger partial charge in [-0.2, -0.15) is 4.98 Å². The van der Waals surface area contributed by atoms with Gasteiger partial charge in [0.05, 0.1) is 6.54 Å². The van der Waals surface area contributed by atoms with E-state index < -0.39 is 0 Å². The monoisotopic (exact) mass is 237 g/mol. The third-order valence-corrected chi connectivity index (χ3v) is 2.97. The molecule has 0 amide bonds. The summed E-state index contributed by atoms with van der Waals surface area (Å²) in [5.41, 5.74) is -0.0770. The molecule has 0 saturated heterocycles. The van der Waals surface area contributed by atoms with Gasteiger partial charge in [-0.1, -0.05) is 32.0 Å². The van der Waals surface area contributed by atoms with Crippen LogP contribution < -0.4 is 5.32 Å². The molecule has 2 aromatic rings. The van der Waals surface area contributed by atoms with Crippen LogP contribution >= 0.6 is 11.3 Å². The molecule has 0 bridgehead atoms. The van der Waals surface area contributed by atoms with Gasteiger partial charge >= 0.3 is 6.01 Å². The second-order valence-electron chi connectivity index (χ2n) is 4.61. The molecule has 86 valence electrons. The molecular formula is C11H15N3OS. The predicted octanol–water partition coefficient (Wildman–Crippen LogP) is 3.04. The molecule has 0 saturated carbocycles. The molecule has 0 aromatic carbocycles. The molecule has 0 atom stereocenters. The Labute approximate surface area is 98.7 Å². The SMILES string of the molecule is CC(C)(C)c1noc(NCc2cccs2)n1. The molecule has 0 spiro atoms. The topological polar surface area (TPSA) is 51.0 Å². The Kier molecular flexibility index (Phi) is 2.96. The highest BCUT2D eigenvalue weighted by Crippen LogP contribution is 2.20. The Hall–Kier alpha value is -1.36. The van der Waals surface area contributed by atoms with Crippen LogP contribution in [-0.2, 0) is 12.0 Å². The Morgan fingerprint density at radius 1 is 1.44 bits per heavy atom. The van der Waals surface area contributed by atoms with Crippen molar-refractivity contribution in [2.45, 2.75) is 32.7 Å². The lowest BCUT2D eigenvalue weighted by molar-refractivity contribution is 0.402. The van der Waals surface area contributed by atoms with Crippen LogP contribution in [0.1, 0.15) is 31.5 Å². The van der Waals surface area contributed by atoms with Gasteiger partial charge in [0, 0.05) is 10.3 Å². The minimum absolute atomic E-state index is 0.0770. The molecule has 4 nitrogen and oxygen atoms in total. The first-order valence-corrected chi connectivity index (χ1v) is 6.04. The quantitative estimate of drug-likeness (QED) is 0.891. The number of hydrogen-bond acceptors (Lipinski definition) is 5. The van der Waals surface area contributed by atoms with Gasteiger partial charge in [-0.25, -0.2) is 0 Å². The Balaban J connectivity index is 1.98. The molecule has 0 aliphatic carbocycles. The second kappa shape index (κ2) is 4.25. The van der Waals surface area contributed by atoms with Crippen molar-refractivity contribution < 1.29 is 4.52 Å². The molecule has 16 heavy (non-hydrogen) atoms. The maximum Gasteiger partial charge on any atom is 0.321 e. The van der Waals surface area contributed by atoms with E-state index in [1.54, 1.807) is 11.3 Å². The smallest absolute Gasteiger partial charge is 0.321 e. The lowest BCUT2D eigenvalue weighted by Crippen LogP contribution is -2.13. The molecule has 2 aromatic heterocycles. The van der Waals surface area contributed by atoms with E-state index in [9.17, 15) is 0 Å². The predicted molar refractivity (Wildman–Crippen MR) is 64.6 cm³/mol. The molecule has 2 heterocycles. The van der Waals surface area contributed by atoms with Crippen LogP contribution in [0.15, 0.2) is 22.0 Å². The van der Waals surface area contributed by atoms with Crippen LogP contribution in [0.25, 0.3) is 0 Å². The molecule has 0 unspecified atom stereocenters. The second-order valence-corrected chi connectivity index (χ2v) is 5.64. The number of rotatable bonds is 3. The van der Waals surface area contributed by atoms with Crippen molar-refractivity contribution in [3.8, 4) is 0 Å². The highest BCUT2D eigenvalue weighted by Gasteiger charge is 2.20. The first-order valence-electron chi connectivity index (χ1n) is 5.16. The summed E-state index contributed by atoms with van der Waals surface area (Å²) in [6.45, 7) is 6.89. The summed E-state index contributed by atoms with van der Waals surface area (Å²) in [5.74, 6) is 0.723. The summed E-state index contributed by atoms with van der Waals surface area (Å²) in [4.78, 5) is 5.54. The van der Waals surface area contributed by atoms with Crippen LogP contribution in [0.3, 0.4) is 0 Å². The van der Waals surface area contributed by atoms with E-state index in [4.69, 9.17) is 4.52 Å². The third-order valence-electron chi connectivity index (χ3n) is 2.09. The van der Waals surface area contributed by atoms with Crippen molar-refractivity contribution in [1.82, 2.24) is 10.1 Å². The fourth-order valence-electron chi connectivity index (χ4n) is 1.18. The zero-order valence-corrected chi connectivity index (χ0v) is 10.5. The van der Waals surface area contributed by atoms with E-state index in [1.165, 1.54) is 4.88 Å². The number of thiophene rings is 1. The first kappa shape index (κ1) is 11.1. The van der Waals surface area contributed by atoms with Crippen molar-refractivity contribution in [2.75, 3.05) is 5.32 Å². The zero-order chi connectivity index (χ0) is 11.6. The fraction of sp³-hybridized carbons (Fsp3) is 0.455. The van der Waals surface area contributed by atoms with E-state index in [0.29, 0.717) is 6.01 Å². The third kappa shape index (κ3) is 2.61. The summed E-state index contributed by atoms with van der Waals surface area (Å²) in [5, 5.41) is 9.10. The molecule has 0 radical (unpaired) electrons. The Morgan fingerprint density at radius 2 is 2.25 bits per heavy atom. The first-order chi connectivity index (χ1) is 7.55. The van der Waals surface area contributed by atoms with Crippen molar-refractivity contribution in [1.29, 1.82) is 0 Å². The van der Waals surface area contributed by atoms with Crippen LogP contribution in [0.5, 0.6) is 0 Å². The van der Waals surface area contributed by atoms with Gasteiger partial charge < -0.3 is 9.84 Å². The van der Waals surface area contributed by atoms with Crippen molar-refractivity contribution in [2.24, 2.45) is 0 Å². The molecule has 1 N–H and O–H groups in total. The van der Waals surface area contributed by atoms with Gasteiger partial charge in [0.25, 0.3) is 0 Å². The zero-order valence-electron chi connectivity index (χ0n) is 9.65. The van der Waals surface area contributed by atoms with Gasteiger partial charge in [-0.15, -0.1) is 11.3 Å². The van der Waals surface area contributed by atoms with Crippen molar-refractivity contribution in [3.05, 3.63) is 28.2 Å². The van der Waals surface area contributed by atoms with Crippen LogP contribution in [-0.4, -0.2) is 10.1 Å². The van der Waals surface area contributed by atoms with E-state index >= 15 is 0 Å². The van der Waals surface area contributed by atoms with Gasteiger partial charge in [0.1, 0.15) is 0 Å². The minimum Gasteiger partial charge on any atom is -0.333 e. The summed E-state index contributed by atoms with van der Waals surface area (Å²) in [6, 6.07) is 4.58. The summed E-state index contributed by atoms with van der Waals surface area (Å²) in [7, 11) is 0. The van der Waals surface area contributed by atoms with E-state index in [2.05, 4.69) is 42.3 Å². The normalized spacial score (nSPS) is 11.7. The summed E-state index contributed by atoms with van der Waals surface area (Å²) in [6.07, 6.45) is 0. The highest BCUT2D eigenvalue weighted by molar-refractivity contribution is 7.09. The van der Waals surface area contributed by atoms with E-state index in [-0.39, 0.29) is 5.41 Å². The van der Waals surface area contributed by atoms with Crippen LogP contribution in [0, 0.1) is 0 Å². The Morgan fingerprint density at radius 3 is 2.81 bits per heavy atom. The molecule has 2 rings (SSSR count). The van der Waals surface area contributed by atoms with Gasteiger partial charge in [-0.3, -0.25) is 0 Å². The molecule has 0 aliphatic heterocycles.